The lowest BCUT2D eigenvalue weighted by Gasteiger charge is -2.35. The van der Waals surface area contributed by atoms with Crippen molar-refractivity contribution in [3.63, 3.8) is 0 Å². The first-order chi connectivity index (χ1) is 23.1. The minimum Gasteiger partial charge on any atom is -0.0616 e. The van der Waals surface area contributed by atoms with Crippen LogP contribution in [0.15, 0.2) is 158 Å². The summed E-state index contributed by atoms with van der Waals surface area (Å²) in [6.45, 7) is 4.75. The average molecular weight is 597 g/mol. The predicted octanol–water partition coefficient (Wildman–Crippen LogP) is 13.1. The van der Waals surface area contributed by atoms with Crippen LogP contribution in [0.25, 0.3) is 87.2 Å². The Morgan fingerprint density at radius 1 is 0.340 bits per heavy atom. The highest BCUT2D eigenvalue weighted by Crippen LogP contribution is 2.50. The Morgan fingerprint density at radius 3 is 1.83 bits per heavy atom. The van der Waals surface area contributed by atoms with Crippen molar-refractivity contribution in [2.75, 3.05) is 0 Å². The molecular weight excluding hydrogens is 565 g/mol. The second-order valence-corrected chi connectivity index (χ2v) is 13.7. The molecule has 0 radical (unpaired) electrons. The standard InChI is InChI=1S/C47H32/c1-47(2)42-25-24-33(28-41(42)39-18-8-13-31-14-9-19-43(47)44(31)39)32-22-20-30-21-23-35-26-34-11-4-6-16-37(34)46(45(35)40(30)27-32)38-17-7-12-29-10-3-5-15-36(29)38/h3-28H,1-2H3. The molecule has 220 valence electrons. The van der Waals surface area contributed by atoms with Crippen LogP contribution in [0.1, 0.15) is 25.0 Å². The van der Waals surface area contributed by atoms with Gasteiger partial charge in [0.2, 0.25) is 0 Å². The number of fused-ring (bicyclic) bond motifs is 7. The second kappa shape index (κ2) is 9.64. The van der Waals surface area contributed by atoms with Crippen molar-refractivity contribution in [1.82, 2.24) is 0 Å². The molecule has 1 aliphatic rings. The molecule has 0 aromatic heterocycles. The molecule has 0 amide bonds. The predicted molar refractivity (Wildman–Crippen MR) is 202 cm³/mol. The van der Waals surface area contributed by atoms with Gasteiger partial charge in [-0.3, -0.25) is 0 Å². The third kappa shape index (κ3) is 3.76. The molecule has 9 aromatic rings. The topological polar surface area (TPSA) is 0 Å². The molecule has 1 aliphatic carbocycles. The molecule has 0 nitrogen and oxygen atoms in total. The van der Waals surface area contributed by atoms with Crippen molar-refractivity contribution in [1.29, 1.82) is 0 Å². The monoisotopic (exact) mass is 596 g/mol. The fourth-order valence-electron chi connectivity index (χ4n) is 8.51. The van der Waals surface area contributed by atoms with Gasteiger partial charge in [-0.15, -0.1) is 0 Å². The average Bonchev–Trinajstić information content (AvgIpc) is 3.12. The zero-order valence-electron chi connectivity index (χ0n) is 26.5. The van der Waals surface area contributed by atoms with Crippen LogP contribution in [0.4, 0.5) is 0 Å². The molecule has 0 bridgehead atoms. The fourth-order valence-corrected chi connectivity index (χ4v) is 8.51. The van der Waals surface area contributed by atoms with Gasteiger partial charge in [0.05, 0.1) is 0 Å². The van der Waals surface area contributed by atoms with Crippen molar-refractivity contribution in [3.05, 3.63) is 169 Å². The highest BCUT2D eigenvalue weighted by molar-refractivity contribution is 6.24. The Bertz CT molecular complexity index is 2750. The molecular formula is C47H32. The Balaban J connectivity index is 1.26. The van der Waals surface area contributed by atoms with Crippen LogP contribution in [-0.2, 0) is 5.41 Å². The zero-order valence-corrected chi connectivity index (χ0v) is 26.5. The molecule has 47 heavy (non-hydrogen) atoms. The Kier molecular flexibility index (Phi) is 5.44. The lowest BCUT2D eigenvalue weighted by Crippen LogP contribution is -2.23. The van der Waals surface area contributed by atoms with Crippen LogP contribution in [0.2, 0.25) is 0 Å². The third-order valence-corrected chi connectivity index (χ3v) is 10.8. The van der Waals surface area contributed by atoms with Crippen LogP contribution in [0.5, 0.6) is 0 Å². The number of hydrogen-bond donors (Lipinski definition) is 0. The summed E-state index contributed by atoms with van der Waals surface area (Å²) in [6.07, 6.45) is 0. The summed E-state index contributed by atoms with van der Waals surface area (Å²) >= 11 is 0. The maximum Gasteiger partial charge on any atom is 0.0159 e. The molecule has 10 rings (SSSR count). The van der Waals surface area contributed by atoms with Gasteiger partial charge in [-0.05, 0) is 117 Å². The van der Waals surface area contributed by atoms with Gasteiger partial charge >= 0.3 is 0 Å². The molecule has 0 saturated carbocycles. The van der Waals surface area contributed by atoms with Crippen molar-refractivity contribution in [2.45, 2.75) is 19.3 Å². The normalized spacial score (nSPS) is 13.5. The van der Waals surface area contributed by atoms with E-state index in [-0.39, 0.29) is 5.41 Å². The van der Waals surface area contributed by atoms with Crippen LogP contribution < -0.4 is 0 Å². The zero-order chi connectivity index (χ0) is 31.3. The molecule has 0 unspecified atom stereocenters. The van der Waals surface area contributed by atoms with Gasteiger partial charge in [-0.2, -0.15) is 0 Å². The fraction of sp³-hybridized carbons (Fsp3) is 0.0638. The lowest BCUT2D eigenvalue weighted by atomic mass is 9.68. The van der Waals surface area contributed by atoms with Gasteiger partial charge in [-0.25, -0.2) is 0 Å². The third-order valence-electron chi connectivity index (χ3n) is 10.8. The Hall–Kier alpha value is -5.72. The lowest BCUT2D eigenvalue weighted by molar-refractivity contribution is 0.645. The molecule has 0 saturated heterocycles. The van der Waals surface area contributed by atoms with Crippen molar-refractivity contribution in [3.8, 4) is 33.4 Å². The van der Waals surface area contributed by atoms with Crippen molar-refractivity contribution in [2.24, 2.45) is 0 Å². The largest absolute Gasteiger partial charge is 0.0616 e. The molecule has 0 fully saturated rings. The van der Waals surface area contributed by atoms with E-state index >= 15 is 0 Å². The van der Waals surface area contributed by atoms with Crippen molar-refractivity contribution >= 4 is 53.9 Å². The molecule has 0 N–H and O–H groups in total. The summed E-state index contributed by atoms with van der Waals surface area (Å²) in [6, 6.07) is 59.0. The molecule has 0 aliphatic heterocycles. The van der Waals surface area contributed by atoms with Crippen LogP contribution in [0, 0.1) is 0 Å². The summed E-state index contributed by atoms with van der Waals surface area (Å²) in [5.74, 6) is 0. The maximum atomic E-state index is 2.44. The second-order valence-electron chi connectivity index (χ2n) is 13.7. The van der Waals surface area contributed by atoms with Crippen LogP contribution in [0.3, 0.4) is 0 Å². The number of hydrogen-bond acceptors (Lipinski definition) is 0. The summed E-state index contributed by atoms with van der Waals surface area (Å²) in [7, 11) is 0. The van der Waals surface area contributed by atoms with Crippen LogP contribution in [-0.4, -0.2) is 0 Å². The molecule has 0 atom stereocenters. The molecule has 0 heterocycles. The maximum absolute atomic E-state index is 2.44. The summed E-state index contributed by atoms with van der Waals surface area (Å²) < 4.78 is 0. The minimum atomic E-state index is -0.0737. The first-order valence-electron chi connectivity index (χ1n) is 16.6. The highest BCUT2D eigenvalue weighted by atomic mass is 14.4. The van der Waals surface area contributed by atoms with E-state index in [1.165, 1.54) is 98.4 Å². The van der Waals surface area contributed by atoms with E-state index in [0.717, 1.165) is 0 Å². The van der Waals surface area contributed by atoms with Gasteiger partial charge in [0, 0.05) is 5.41 Å². The molecule has 0 spiro atoms. The van der Waals surface area contributed by atoms with Gasteiger partial charge in [0.25, 0.3) is 0 Å². The smallest absolute Gasteiger partial charge is 0.0159 e. The molecule has 0 heteroatoms. The summed E-state index contributed by atoms with van der Waals surface area (Å²) in [4.78, 5) is 0. The van der Waals surface area contributed by atoms with Gasteiger partial charge in [0.15, 0.2) is 0 Å². The van der Waals surface area contributed by atoms with E-state index in [1.807, 2.05) is 0 Å². The summed E-state index contributed by atoms with van der Waals surface area (Å²) in [5.41, 5.74) is 10.5. The van der Waals surface area contributed by atoms with E-state index in [4.69, 9.17) is 0 Å². The Morgan fingerprint density at radius 2 is 0.957 bits per heavy atom. The van der Waals surface area contributed by atoms with E-state index in [9.17, 15) is 0 Å². The Labute approximate surface area is 274 Å². The van der Waals surface area contributed by atoms with Gasteiger partial charge < -0.3 is 0 Å². The first-order valence-corrected chi connectivity index (χ1v) is 16.6. The van der Waals surface area contributed by atoms with Crippen molar-refractivity contribution < 1.29 is 0 Å². The quantitative estimate of drug-likeness (QED) is 0.138. The number of rotatable bonds is 2. The van der Waals surface area contributed by atoms with Gasteiger partial charge in [-0.1, -0.05) is 153 Å². The first kappa shape index (κ1) is 26.5. The highest BCUT2D eigenvalue weighted by Gasteiger charge is 2.33. The van der Waals surface area contributed by atoms with Gasteiger partial charge in [0.1, 0.15) is 0 Å². The van der Waals surface area contributed by atoms with E-state index in [0.29, 0.717) is 0 Å². The van der Waals surface area contributed by atoms with E-state index in [2.05, 4.69) is 172 Å². The van der Waals surface area contributed by atoms with Crippen LogP contribution >= 0.6 is 0 Å². The minimum absolute atomic E-state index is 0.0737. The van der Waals surface area contributed by atoms with E-state index < -0.39 is 0 Å². The number of benzene rings is 9. The molecule has 9 aromatic carbocycles. The summed E-state index contributed by atoms with van der Waals surface area (Å²) in [5, 5.41) is 12.9. The SMILES string of the molecule is CC1(C)c2ccc(-c3ccc4ccc5cc6ccccc6c(-c6cccc7ccccc67)c5c4c3)cc2-c2cccc3cccc1c23. The van der Waals surface area contributed by atoms with E-state index in [1.54, 1.807) is 0 Å².